The van der Waals surface area contributed by atoms with Crippen molar-refractivity contribution < 1.29 is 5.11 Å². The van der Waals surface area contributed by atoms with E-state index < -0.39 is 0 Å². The van der Waals surface area contributed by atoms with Crippen molar-refractivity contribution in [3.05, 3.63) is 29.8 Å². The molecule has 1 aromatic carbocycles. The van der Waals surface area contributed by atoms with Gasteiger partial charge in [-0.25, -0.2) is 0 Å². The molecule has 0 aromatic heterocycles. The Balaban J connectivity index is 1.60. The lowest BCUT2D eigenvalue weighted by molar-refractivity contribution is 0.181. The summed E-state index contributed by atoms with van der Waals surface area (Å²) in [6.07, 6.45) is 9.37. The van der Waals surface area contributed by atoms with E-state index in [1.165, 1.54) is 51.5 Å². The smallest absolute Gasteiger partial charge is 0.120 e. The molecule has 116 valence electrons. The standard InChI is InChI=1S/C18H28N2O/c21-18-11-4-1-7-14(18)13-20-17-9-3-2-8-15(17)16-10-5-6-12-19-16/h1,4,7,11,15-17,19-21H,2-3,5-6,8-10,12-13H2. The molecule has 21 heavy (non-hydrogen) atoms. The summed E-state index contributed by atoms with van der Waals surface area (Å²) in [5.41, 5.74) is 1.01. The van der Waals surface area contributed by atoms with Crippen LogP contribution >= 0.6 is 0 Å². The van der Waals surface area contributed by atoms with E-state index in [0.717, 1.165) is 18.0 Å². The van der Waals surface area contributed by atoms with Gasteiger partial charge in [0.2, 0.25) is 0 Å². The van der Waals surface area contributed by atoms with Gasteiger partial charge in [0.25, 0.3) is 0 Å². The second kappa shape index (κ2) is 7.28. The molecule has 0 radical (unpaired) electrons. The second-order valence-corrected chi connectivity index (χ2v) is 6.62. The normalized spacial score (nSPS) is 30.2. The maximum absolute atomic E-state index is 9.90. The van der Waals surface area contributed by atoms with Crippen molar-refractivity contribution in [1.29, 1.82) is 0 Å². The van der Waals surface area contributed by atoms with E-state index in [-0.39, 0.29) is 0 Å². The molecule has 1 saturated heterocycles. The van der Waals surface area contributed by atoms with Crippen molar-refractivity contribution in [1.82, 2.24) is 10.6 Å². The van der Waals surface area contributed by atoms with Gasteiger partial charge >= 0.3 is 0 Å². The molecule has 0 bridgehead atoms. The Labute approximate surface area is 128 Å². The van der Waals surface area contributed by atoms with Crippen molar-refractivity contribution in [3.63, 3.8) is 0 Å². The fourth-order valence-electron chi connectivity index (χ4n) is 4.04. The molecule has 3 atom stereocenters. The summed E-state index contributed by atoms with van der Waals surface area (Å²) < 4.78 is 0. The van der Waals surface area contributed by atoms with Gasteiger partial charge < -0.3 is 15.7 Å². The van der Waals surface area contributed by atoms with Gasteiger partial charge in [-0.15, -0.1) is 0 Å². The quantitative estimate of drug-likeness (QED) is 0.797. The highest BCUT2D eigenvalue weighted by molar-refractivity contribution is 5.31. The van der Waals surface area contributed by atoms with E-state index in [9.17, 15) is 5.11 Å². The zero-order valence-electron chi connectivity index (χ0n) is 12.9. The van der Waals surface area contributed by atoms with Crippen LogP contribution < -0.4 is 10.6 Å². The Morgan fingerprint density at radius 3 is 2.67 bits per heavy atom. The molecule has 3 heteroatoms. The van der Waals surface area contributed by atoms with Crippen LogP contribution in [0.1, 0.15) is 50.5 Å². The summed E-state index contributed by atoms with van der Waals surface area (Å²) in [5.74, 6) is 1.16. The number of piperidine rings is 1. The number of para-hydroxylation sites is 1. The number of hydrogen-bond donors (Lipinski definition) is 3. The first-order valence-corrected chi connectivity index (χ1v) is 8.58. The Morgan fingerprint density at radius 1 is 1.05 bits per heavy atom. The molecule has 1 aromatic rings. The van der Waals surface area contributed by atoms with Crippen LogP contribution in [0.2, 0.25) is 0 Å². The molecule has 3 nitrogen and oxygen atoms in total. The Morgan fingerprint density at radius 2 is 1.86 bits per heavy atom. The van der Waals surface area contributed by atoms with Gasteiger partial charge in [-0.2, -0.15) is 0 Å². The molecule has 3 N–H and O–H groups in total. The summed E-state index contributed by atoms with van der Waals surface area (Å²) in [4.78, 5) is 0. The summed E-state index contributed by atoms with van der Waals surface area (Å²) in [6.45, 7) is 1.97. The van der Waals surface area contributed by atoms with Crippen molar-refractivity contribution in [2.24, 2.45) is 5.92 Å². The lowest BCUT2D eigenvalue weighted by Crippen LogP contribution is -2.50. The third-order valence-corrected chi connectivity index (χ3v) is 5.23. The van der Waals surface area contributed by atoms with Crippen LogP contribution in [0, 0.1) is 5.92 Å². The number of phenolic OH excluding ortho intramolecular Hbond substituents is 1. The van der Waals surface area contributed by atoms with Crippen LogP contribution in [-0.2, 0) is 6.54 Å². The predicted molar refractivity (Wildman–Crippen MR) is 86.3 cm³/mol. The second-order valence-electron chi connectivity index (χ2n) is 6.62. The van der Waals surface area contributed by atoms with Crippen LogP contribution in [0.3, 0.4) is 0 Å². The molecular weight excluding hydrogens is 260 g/mol. The molecule has 1 aliphatic heterocycles. The van der Waals surface area contributed by atoms with Gasteiger partial charge in [0.15, 0.2) is 0 Å². The molecule has 2 fully saturated rings. The topological polar surface area (TPSA) is 44.3 Å². The van der Waals surface area contributed by atoms with Crippen LogP contribution in [-0.4, -0.2) is 23.7 Å². The number of rotatable bonds is 4. The van der Waals surface area contributed by atoms with Gasteiger partial charge in [-0.05, 0) is 44.2 Å². The maximum Gasteiger partial charge on any atom is 0.120 e. The maximum atomic E-state index is 9.90. The first-order valence-electron chi connectivity index (χ1n) is 8.58. The SMILES string of the molecule is Oc1ccccc1CNC1CCCCC1C1CCCCN1. The molecule has 3 rings (SSSR count). The Bertz CT molecular complexity index is 443. The first kappa shape index (κ1) is 14.9. The minimum atomic E-state index is 0.410. The van der Waals surface area contributed by atoms with Crippen molar-refractivity contribution in [3.8, 4) is 5.75 Å². The van der Waals surface area contributed by atoms with E-state index in [0.29, 0.717) is 17.8 Å². The van der Waals surface area contributed by atoms with Crippen molar-refractivity contribution in [2.75, 3.05) is 6.54 Å². The highest BCUT2D eigenvalue weighted by Gasteiger charge is 2.32. The minimum absolute atomic E-state index is 0.410. The van der Waals surface area contributed by atoms with Gasteiger partial charge in [0.1, 0.15) is 5.75 Å². The molecule has 0 spiro atoms. The van der Waals surface area contributed by atoms with Gasteiger partial charge in [-0.1, -0.05) is 37.5 Å². The monoisotopic (exact) mass is 288 g/mol. The van der Waals surface area contributed by atoms with E-state index >= 15 is 0 Å². The summed E-state index contributed by atoms with van der Waals surface area (Å²) in [6, 6.07) is 8.96. The number of aromatic hydroxyl groups is 1. The number of phenols is 1. The van der Waals surface area contributed by atoms with Gasteiger partial charge in [-0.3, -0.25) is 0 Å². The molecular formula is C18H28N2O. The fourth-order valence-corrected chi connectivity index (χ4v) is 4.04. The van der Waals surface area contributed by atoms with E-state index in [2.05, 4.69) is 10.6 Å². The number of hydrogen-bond acceptors (Lipinski definition) is 3. The highest BCUT2D eigenvalue weighted by Crippen LogP contribution is 2.31. The summed E-state index contributed by atoms with van der Waals surface area (Å²) >= 11 is 0. The number of nitrogens with one attached hydrogen (secondary N) is 2. The third-order valence-electron chi connectivity index (χ3n) is 5.23. The van der Waals surface area contributed by atoms with Crippen molar-refractivity contribution >= 4 is 0 Å². The largest absolute Gasteiger partial charge is 0.508 e. The zero-order valence-corrected chi connectivity index (χ0v) is 12.9. The van der Waals surface area contributed by atoms with Crippen LogP contribution in [0.4, 0.5) is 0 Å². The van der Waals surface area contributed by atoms with Gasteiger partial charge in [0.05, 0.1) is 0 Å². The Hall–Kier alpha value is -1.06. The minimum Gasteiger partial charge on any atom is -0.508 e. The molecule has 1 aliphatic carbocycles. The van der Waals surface area contributed by atoms with Crippen molar-refractivity contribution in [2.45, 2.75) is 63.6 Å². The van der Waals surface area contributed by atoms with Crippen LogP contribution in [0.25, 0.3) is 0 Å². The van der Waals surface area contributed by atoms with Crippen LogP contribution in [0.5, 0.6) is 5.75 Å². The highest BCUT2D eigenvalue weighted by atomic mass is 16.3. The van der Waals surface area contributed by atoms with E-state index in [1.54, 1.807) is 6.07 Å². The summed E-state index contributed by atoms with van der Waals surface area (Å²) in [7, 11) is 0. The molecule has 2 aliphatic rings. The lowest BCUT2D eigenvalue weighted by atomic mass is 9.77. The average molecular weight is 288 g/mol. The predicted octanol–water partition coefficient (Wildman–Crippen LogP) is 3.18. The van der Waals surface area contributed by atoms with E-state index in [1.807, 2.05) is 18.2 Å². The third kappa shape index (κ3) is 3.78. The van der Waals surface area contributed by atoms with E-state index in [4.69, 9.17) is 0 Å². The lowest BCUT2D eigenvalue weighted by Gasteiger charge is -2.40. The fraction of sp³-hybridized carbons (Fsp3) is 0.667. The van der Waals surface area contributed by atoms with Crippen LogP contribution in [0.15, 0.2) is 24.3 Å². The average Bonchev–Trinajstić information content (AvgIpc) is 2.55. The Kier molecular flexibility index (Phi) is 5.15. The first-order chi connectivity index (χ1) is 10.3. The molecule has 1 saturated carbocycles. The molecule has 3 unspecified atom stereocenters. The number of benzene rings is 1. The summed E-state index contributed by atoms with van der Waals surface area (Å²) in [5, 5.41) is 17.4. The molecule has 1 heterocycles. The molecule has 0 amide bonds. The zero-order chi connectivity index (χ0) is 14.5. The van der Waals surface area contributed by atoms with Gasteiger partial charge in [0, 0.05) is 24.2 Å².